The molecule has 0 aliphatic rings. The first kappa shape index (κ1) is 12.8. The average Bonchev–Trinajstić information content (AvgIpc) is 2.89. The Bertz CT molecular complexity index is 484. The molecule has 0 fully saturated rings. The van der Waals surface area contributed by atoms with Gasteiger partial charge in [-0.05, 0) is 36.8 Å². The third-order valence-corrected chi connectivity index (χ3v) is 2.84. The minimum atomic E-state index is -0.698. The zero-order valence-electron chi connectivity index (χ0n) is 10.1. The van der Waals surface area contributed by atoms with Gasteiger partial charge in [-0.15, -0.1) is 0 Å². The Balaban J connectivity index is 1.90. The second-order valence-electron chi connectivity index (χ2n) is 4.22. The average molecular weight is 249 g/mol. The van der Waals surface area contributed by atoms with Gasteiger partial charge in [0.05, 0.1) is 6.26 Å². The van der Waals surface area contributed by atoms with Gasteiger partial charge in [0, 0.05) is 12.6 Å². The van der Waals surface area contributed by atoms with Crippen LogP contribution in [0.5, 0.6) is 0 Å². The standard InChI is InChI=1S/C14H16FNO2/c1-10(11-4-2-5-12(15)8-11)16-9-13(17)14-6-3-7-18-14/h2-8,10,13,16-17H,9H2,1H3. The molecule has 18 heavy (non-hydrogen) atoms. The summed E-state index contributed by atoms with van der Waals surface area (Å²) in [5.74, 6) is 0.265. The van der Waals surface area contributed by atoms with Gasteiger partial charge in [0.2, 0.25) is 0 Å². The molecule has 0 aliphatic carbocycles. The molecule has 1 aromatic heterocycles. The molecular weight excluding hydrogens is 233 g/mol. The Morgan fingerprint density at radius 2 is 2.17 bits per heavy atom. The maximum absolute atomic E-state index is 13.1. The highest BCUT2D eigenvalue weighted by Crippen LogP contribution is 2.16. The molecule has 1 aromatic carbocycles. The smallest absolute Gasteiger partial charge is 0.133 e. The lowest BCUT2D eigenvalue weighted by Gasteiger charge is -2.16. The van der Waals surface area contributed by atoms with Gasteiger partial charge in [0.25, 0.3) is 0 Å². The Kier molecular flexibility index (Phi) is 4.12. The van der Waals surface area contributed by atoms with Crippen LogP contribution in [-0.2, 0) is 0 Å². The number of aliphatic hydroxyl groups is 1. The maximum atomic E-state index is 13.1. The van der Waals surface area contributed by atoms with Crippen molar-refractivity contribution < 1.29 is 13.9 Å². The molecule has 96 valence electrons. The largest absolute Gasteiger partial charge is 0.467 e. The number of aliphatic hydroxyl groups excluding tert-OH is 1. The highest BCUT2D eigenvalue weighted by molar-refractivity contribution is 5.19. The molecule has 2 N–H and O–H groups in total. The summed E-state index contributed by atoms with van der Waals surface area (Å²) in [5, 5.41) is 13.0. The Labute approximate surface area is 105 Å². The van der Waals surface area contributed by atoms with Gasteiger partial charge in [-0.25, -0.2) is 4.39 Å². The maximum Gasteiger partial charge on any atom is 0.133 e. The van der Waals surface area contributed by atoms with Gasteiger partial charge >= 0.3 is 0 Å². The highest BCUT2D eigenvalue weighted by Gasteiger charge is 2.12. The van der Waals surface area contributed by atoms with Crippen molar-refractivity contribution in [1.82, 2.24) is 5.32 Å². The van der Waals surface area contributed by atoms with Gasteiger partial charge in [0.1, 0.15) is 17.7 Å². The Morgan fingerprint density at radius 3 is 2.83 bits per heavy atom. The Morgan fingerprint density at radius 1 is 1.33 bits per heavy atom. The van der Waals surface area contributed by atoms with E-state index in [2.05, 4.69) is 5.32 Å². The van der Waals surface area contributed by atoms with Crippen LogP contribution in [0.15, 0.2) is 47.1 Å². The van der Waals surface area contributed by atoms with Gasteiger partial charge < -0.3 is 14.8 Å². The van der Waals surface area contributed by atoms with Crippen molar-refractivity contribution in [3.63, 3.8) is 0 Å². The normalized spacial score (nSPS) is 14.4. The molecule has 0 saturated carbocycles. The fourth-order valence-corrected chi connectivity index (χ4v) is 1.76. The molecule has 2 unspecified atom stereocenters. The van der Waals surface area contributed by atoms with Crippen molar-refractivity contribution in [2.24, 2.45) is 0 Å². The van der Waals surface area contributed by atoms with Crippen LogP contribution < -0.4 is 5.32 Å². The summed E-state index contributed by atoms with van der Waals surface area (Å²) in [4.78, 5) is 0. The summed E-state index contributed by atoms with van der Waals surface area (Å²) in [6, 6.07) is 9.83. The minimum absolute atomic E-state index is 0.0367. The van der Waals surface area contributed by atoms with E-state index in [1.807, 2.05) is 13.0 Å². The molecule has 1 heterocycles. The predicted molar refractivity (Wildman–Crippen MR) is 66.5 cm³/mol. The summed E-state index contributed by atoms with van der Waals surface area (Å²) in [7, 11) is 0. The predicted octanol–water partition coefficient (Wildman–Crippen LogP) is 2.80. The van der Waals surface area contributed by atoms with E-state index >= 15 is 0 Å². The zero-order chi connectivity index (χ0) is 13.0. The zero-order valence-corrected chi connectivity index (χ0v) is 10.1. The first-order chi connectivity index (χ1) is 8.66. The van der Waals surface area contributed by atoms with E-state index in [1.165, 1.54) is 18.4 Å². The molecule has 2 atom stereocenters. The third kappa shape index (κ3) is 3.18. The van der Waals surface area contributed by atoms with E-state index in [-0.39, 0.29) is 11.9 Å². The van der Waals surface area contributed by atoms with Gasteiger partial charge in [-0.2, -0.15) is 0 Å². The molecule has 0 spiro atoms. The van der Waals surface area contributed by atoms with E-state index in [9.17, 15) is 9.50 Å². The number of halogens is 1. The molecule has 0 radical (unpaired) electrons. The summed E-state index contributed by atoms with van der Waals surface area (Å²) in [5.41, 5.74) is 0.849. The fourth-order valence-electron chi connectivity index (χ4n) is 1.76. The van der Waals surface area contributed by atoms with Gasteiger partial charge in [-0.1, -0.05) is 12.1 Å². The lowest BCUT2D eigenvalue weighted by molar-refractivity contribution is 0.144. The number of benzene rings is 1. The van der Waals surface area contributed by atoms with E-state index < -0.39 is 6.10 Å². The van der Waals surface area contributed by atoms with Crippen molar-refractivity contribution in [3.05, 3.63) is 59.8 Å². The van der Waals surface area contributed by atoms with Crippen LogP contribution in [0.1, 0.15) is 30.4 Å². The van der Waals surface area contributed by atoms with Crippen LogP contribution in [-0.4, -0.2) is 11.7 Å². The molecule has 0 amide bonds. The van der Waals surface area contributed by atoms with E-state index in [0.29, 0.717) is 12.3 Å². The number of rotatable bonds is 5. The van der Waals surface area contributed by atoms with Gasteiger partial charge in [-0.3, -0.25) is 0 Å². The highest BCUT2D eigenvalue weighted by atomic mass is 19.1. The van der Waals surface area contributed by atoms with Crippen LogP contribution in [0.25, 0.3) is 0 Å². The van der Waals surface area contributed by atoms with E-state index in [0.717, 1.165) is 5.56 Å². The van der Waals surface area contributed by atoms with Crippen molar-refractivity contribution in [2.45, 2.75) is 19.1 Å². The second kappa shape index (κ2) is 5.80. The molecule has 4 heteroatoms. The summed E-state index contributed by atoms with van der Waals surface area (Å²) in [6.07, 6.45) is 0.824. The van der Waals surface area contributed by atoms with Crippen LogP contribution in [0.2, 0.25) is 0 Å². The molecule has 0 aliphatic heterocycles. The summed E-state index contributed by atoms with van der Waals surface area (Å²) in [6.45, 7) is 2.27. The molecule has 2 rings (SSSR count). The SMILES string of the molecule is CC(NCC(O)c1ccco1)c1cccc(F)c1. The van der Waals surface area contributed by atoms with Crippen LogP contribution in [0.3, 0.4) is 0 Å². The number of hydrogen-bond acceptors (Lipinski definition) is 3. The van der Waals surface area contributed by atoms with Crippen molar-refractivity contribution in [1.29, 1.82) is 0 Å². The first-order valence-corrected chi connectivity index (χ1v) is 5.87. The van der Waals surface area contributed by atoms with Crippen LogP contribution in [0.4, 0.5) is 4.39 Å². The summed E-state index contributed by atoms with van der Waals surface area (Å²) < 4.78 is 18.2. The van der Waals surface area contributed by atoms with Crippen molar-refractivity contribution in [3.8, 4) is 0 Å². The van der Waals surface area contributed by atoms with Crippen molar-refractivity contribution in [2.75, 3.05) is 6.54 Å². The quantitative estimate of drug-likeness (QED) is 0.856. The van der Waals surface area contributed by atoms with E-state index in [1.54, 1.807) is 18.2 Å². The summed E-state index contributed by atoms with van der Waals surface area (Å²) >= 11 is 0. The first-order valence-electron chi connectivity index (χ1n) is 5.87. The lowest BCUT2D eigenvalue weighted by atomic mass is 10.1. The molecule has 2 aromatic rings. The van der Waals surface area contributed by atoms with Crippen molar-refractivity contribution >= 4 is 0 Å². The second-order valence-corrected chi connectivity index (χ2v) is 4.22. The third-order valence-electron chi connectivity index (χ3n) is 2.84. The van der Waals surface area contributed by atoms with E-state index in [4.69, 9.17) is 4.42 Å². The lowest BCUT2D eigenvalue weighted by Crippen LogP contribution is -2.24. The van der Waals surface area contributed by atoms with Crippen LogP contribution >= 0.6 is 0 Å². The number of furan rings is 1. The van der Waals surface area contributed by atoms with Gasteiger partial charge in [0.15, 0.2) is 0 Å². The number of hydrogen-bond donors (Lipinski definition) is 2. The topological polar surface area (TPSA) is 45.4 Å². The fraction of sp³-hybridized carbons (Fsp3) is 0.286. The Hall–Kier alpha value is -1.65. The number of nitrogens with one attached hydrogen (secondary N) is 1. The van der Waals surface area contributed by atoms with Crippen LogP contribution in [0, 0.1) is 5.82 Å². The molecular formula is C14H16FNO2. The molecule has 0 saturated heterocycles. The monoisotopic (exact) mass is 249 g/mol. The minimum Gasteiger partial charge on any atom is -0.467 e. The molecule has 3 nitrogen and oxygen atoms in total. The molecule has 0 bridgehead atoms.